The van der Waals surface area contributed by atoms with Gasteiger partial charge in [0.05, 0.1) is 6.10 Å². The maximum Gasteiger partial charge on any atom is 0.270 e. The van der Waals surface area contributed by atoms with Gasteiger partial charge in [0, 0.05) is 35.7 Å². The van der Waals surface area contributed by atoms with Gasteiger partial charge in [0.15, 0.2) is 0 Å². The second-order valence-electron chi connectivity index (χ2n) is 7.05. The van der Waals surface area contributed by atoms with Crippen LogP contribution in [0.25, 0.3) is 10.6 Å². The molecule has 1 saturated heterocycles. The molecule has 2 heterocycles. The van der Waals surface area contributed by atoms with Crippen LogP contribution < -0.4 is 10.1 Å². The first kappa shape index (κ1) is 21.3. The molecule has 1 aliphatic rings. The van der Waals surface area contributed by atoms with E-state index >= 15 is 0 Å². The summed E-state index contributed by atoms with van der Waals surface area (Å²) in [5.74, 6) is -1.96. The van der Waals surface area contributed by atoms with Gasteiger partial charge in [0.25, 0.3) is 5.91 Å². The standard InChI is InChI=1S/C22H19F3N2O3S/c23-14-3-6-18(24)13(8-14)11-30-15-4-5-17(19(25)9-15)22-27-20(12-31-22)21(28)26-10-16-2-1-7-29-16/h3-6,8-9,12,16H,1-2,7,10-11H2,(H,26,28)/t16-/m0/s1. The number of halogens is 3. The summed E-state index contributed by atoms with van der Waals surface area (Å²) in [4.78, 5) is 16.5. The van der Waals surface area contributed by atoms with Crippen LogP contribution in [0.5, 0.6) is 5.75 Å². The summed E-state index contributed by atoms with van der Waals surface area (Å²) in [6.45, 7) is 0.879. The second kappa shape index (κ2) is 9.49. The van der Waals surface area contributed by atoms with E-state index < -0.39 is 17.5 Å². The number of aromatic nitrogens is 1. The van der Waals surface area contributed by atoms with Crippen molar-refractivity contribution >= 4 is 17.2 Å². The lowest BCUT2D eigenvalue weighted by Gasteiger charge is -2.09. The third kappa shape index (κ3) is 5.23. The van der Waals surface area contributed by atoms with Crippen LogP contribution in [0.1, 0.15) is 28.9 Å². The van der Waals surface area contributed by atoms with E-state index in [9.17, 15) is 18.0 Å². The van der Waals surface area contributed by atoms with Gasteiger partial charge in [-0.2, -0.15) is 0 Å². The van der Waals surface area contributed by atoms with Crippen molar-refractivity contribution in [2.75, 3.05) is 13.2 Å². The van der Waals surface area contributed by atoms with Crippen molar-refractivity contribution in [2.24, 2.45) is 0 Å². The monoisotopic (exact) mass is 448 g/mol. The van der Waals surface area contributed by atoms with Crippen LogP contribution in [0, 0.1) is 17.5 Å². The molecule has 1 amide bonds. The Morgan fingerprint density at radius 2 is 2.06 bits per heavy atom. The average molecular weight is 448 g/mol. The number of amides is 1. The van der Waals surface area contributed by atoms with Crippen molar-refractivity contribution in [3.8, 4) is 16.3 Å². The molecular weight excluding hydrogens is 429 g/mol. The molecule has 0 bridgehead atoms. The third-order valence-electron chi connectivity index (χ3n) is 4.82. The number of benzene rings is 2. The molecule has 3 aromatic rings. The quantitative estimate of drug-likeness (QED) is 0.569. The highest BCUT2D eigenvalue weighted by molar-refractivity contribution is 7.13. The van der Waals surface area contributed by atoms with Crippen molar-refractivity contribution < 1.29 is 27.4 Å². The van der Waals surface area contributed by atoms with Gasteiger partial charge in [-0.05, 0) is 43.2 Å². The molecule has 9 heteroatoms. The van der Waals surface area contributed by atoms with Crippen LogP contribution in [0.4, 0.5) is 13.2 Å². The highest BCUT2D eigenvalue weighted by Crippen LogP contribution is 2.29. The second-order valence-corrected chi connectivity index (χ2v) is 7.91. The predicted molar refractivity (Wildman–Crippen MR) is 110 cm³/mol. The average Bonchev–Trinajstić information content (AvgIpc) is 3.45. The molecule has 0 unspecified atom stereocenters. The lowest BCUT2D eigenvalue weighted by molar-refractivity contribution is 0.0854. The number of hydrogen-bond donors (Lipinski definition) is 1. The van der Waals surface area contributed by atoms with E-state index in [0.29, 0.717) is 18.2 Å². The van der Waals surface area contributed by atoms with E-state index in [1.807, 2.05) is 0 Å². The number of carbonyl (C=O) groups is 1. The molecular formula is C22H19F3N2O3S. The maximum absolute atomic E-state index is 14.6. The first-order valence-electron chi connectivity index (χ1n) is 9.71. The fourth-order valence-corrected chi connectivity index (χ4v) is 4.00. The first-order chi connectivity index (χ1) is 15.0. The van der Waals surface area contributed by atoms with Gasteiger partial charge < -0.3 is 14.8 Å². The summed E-state index contributed by atoms with van der Waals surface area (Å²) in [5.41, 5.74) is 0.454. The number of rotatable bonds is 7. The summed E-state index contributed by atoms with van der Waals surface area (Å²) in [7, 11) is 0. The summed E-state index contributed by atoms with van der Waals surface area (Å²) >= 11 is 1.15. The lowest BCUT2D eigenvalue weighted by Crippen LogP contribution is -2.31. The Morgan fingerprint density at radius 1 is 1.19 bits per heavy atom. The van der Waals surface area contributed by atoms with Gasteiger partial charge in [-0.25, -0.2) is 18.2 Å². The van der Waals surface area contributed by atoms with Gasteiger partial charge >= 0.3 is 0 Å². The Morgan fingerprint density at radius 3 is 2.84 bits per heavy atom. The topological polar surface area (TPSA) is 60.5 Å². The molecule has 1 aromatic heterocycles. The third-order valence-corrected chi connectivity index (χ3v) is 5.70. The highest BCUT2D eigenvalue weighted by atomic mass is 32.1. The van der Waals surface area contributed by atoms with Crippen LogP contribution in [0.3, 0.4) is 0 Å². The molecule has 4 rings (SSSR count). The van der Waals surface area contributed by atoms with Crippen LogP contribution >= 0.6 is 11.3 Å². The van der Waals surface area contributed by atoms with Crippen LogP contribution in [0.15, 0.2) is 41.8 Å². The first-order valence-corrected chi connectivity index (χ1v) is 10.6. The number of carbonyl (C=O) groups excluding carboxylic acids is 1. The van der Waals surface area contributed by atoms with Gasteiger partial charge in [-0.1, -0.05) is 0 Å². The van der Waals surface area contributed by atoms with E-state index in [1.54, 1.807) is 5.38 Å². The van der Waals surface area contributed by atoms with Gasteiger partial charge in [0.1, 0.15) is 40.5 Å². The van der Waals surface area contributed by atoms with Crippen molar-refractivity contribution in [1.82, 2.24) is 10.3 Å². The van der Waals surface area contributed by atoms with Gasteiger partial charge in [-0.15, -0.1) is 11.3 Å². The van der Waals surface area contributed by atoms with Crippen molar-refractivity contribution in [2.45, 2.75) is 25.6 Å². The molecule has 162 valence electrons. The molecule has 2 aromatic carbocycles. The fraction of sp³-hybridized carbons (Fsp3) is 0.273. The molecule has 0 aliphatic carbocycles. The van der Waals surface area contributed by atoms with Crippen molar-refractivity contribution in [3.05, 3.63) is 70.5 Å². The SMILES string of the molecule is O=C(NC[C@@H]1CCCO1)c1csc(-c2ccc(OCc3cc(F)ccc3F)cc2F)n1. The van der Waals surface area contributed by atoms with E-state index in [0.717, 1.165) is 48.4 Å². The zero-order chi connectivity index (χ0) is 21.8. The van der Waals surface area contributed by atoms with Crippen molar-refractivity contribution in [3.63, 3.8) is 0 Å². The van der Waals surface area contributed by atoms with E-state index in [-0.39, 0.29) is 41.2 Å². The molecule has 0 saturated carbocycles. The number of nitrogens with zero attached hydrogens (tertiary/aromatic N) is 1. The van der Waals surface area contributed by atoms with E-state index in [1.165, 1.54) is 12.1 Å². The molecule has 31 heavy (non-hydrogen) atoms. The molecule has 1 atom stereocenters. The zero-order valence-corrected chi connectivity index (χ0v) is 17.2. The molecule has 1 aliphatic heterocycles. The smallest absolute Gasteiger partial charge is 0.270 e. The molecule has 1 N–H and O–H groups in total. The van der Waals surface area contributed by atoms with Crippen LogP contribution in [0.2, 0.25) is 0 Å². The predicted octanol–water partition coefficient (Wildman–Crippen LogP) is 4.72. The molecule has 0 radical (unpaired) electrons. The normalized spacial score (nSPS) is 15.8. The minimum Gasteiger partial charge on any atom is -0.489 e. The lowest BCUT2D eigenvalue weighted by atomic mass is 10.2. The zero-order valence-electron chi connectivity index (χ0n) is 16.4. The van der Waals surface area contributed by atoms with Crippen molar-refractivity contribution in [1.29, 1.82) is 0 Å². The summed E-state index contributed by atoms with van der Waals surface area (Å²) in [6.07, 6.45) is 1.92. The molecule has 5 nitrogen and oxygen atoms in total. The number of hydrogen-bond acceptors (Lipinski definition) is 5. The summed E-state index contributed by atoms with van der Waals surface area (Å²) in [5, 5.41) is 4.70. The minimum absolute atomic E-state index is 0.0212. The Kier molecular flexibility index (Phi) is 6.53. The number of ether oxygens (including phenoxy) is 2. The van der Waals surface area contributed by atoms with Crippen LogP contribution in [-0.2, 0) is 11.3 Å². The number of nitrogens with one attached hydrogen (secondary N) is 1. The van der Waals surface area contributed by atoms with Gasteiger partial charge in [0.2, 0.25) is 0 Å². The van der Waals surface area contributed by atoms with Crippen LogP contribution in [-0.4, -0.2) is 30.1 Å². The Labute approximate surface area is 180 Å². The Balaban J connectivity index is 1.40. The largest absolute Gasteiger partial charge is 0.489 e. The maximum atomic E-state index is 14.6. The summed E-state index contributed by atoms with van der Waals surface area (Å²) < 4.78 is 52.4. The van der Waals surface area contributed by atoms with E-state index in [2.05, 4.69) is 10.3 Å². The Bertz CT molecular complexity index is 1080. The van der Waals surface area contributed by atoms with E-state index in [4.69, 9.17) is 9.47 Å². The molecule has 1 fully saturated rings. The fourth-order valence-electron chi connectivity index (χ4n) is 3.18. The van der Waals surface area contributed by atoms with Gasteiger partial charge in [-0.3, -0.25) is 4.79 Å². The Hall–Kier alpha value is -2.91. The minimum atomic E-state index is -0.605. The molecule has 0 spiro atoms. The number of thiazole rings is 1. The highest BCUT2D eigenvalue weighted by Gasteiger charge is 2.19. The summed E-state index contributed by atoms with van der Waals surface area (Å²) in [6, 6.07) is 7.17.